The molecule has 1 heterocycles. The minimum atomic E-state index is -1.43. The Morgan fingerprint density at radius 2 is 1.61 bits per heavy atom. The fourth-order valence-electron chi connectivity index (χ4n) is 5.40. The van der Waals surface area contributed by atoms with E-state index in [1.54, 1.807) is 41.3 Å². The Hall–Kier alpha value is -3.37. The number of fused-ring (bicyclic) bond motifs is 2. The first-order valence-corrected chi connectivity index (χ1v) is 11.8. The lowest BCUT2D eigenvalue weighted by atomic mass is 9.73. The molecular weight excluding hydrogens is 472 g/mol. The van der Waals surface area contributed by atoms with Crippen LogP contribution in [0.25, 0.3) is 0 Å². The number of ether oxygens (including phenoxy) is 2. The third-order valence-corrected chi connectivity index (χ3v) is 7.10. The van der Waals surface area contributed by atoms with Crippen molar-refractivity contribution in [3.05, 3.63) is 92.9 Å². The molecule has 0 amide bonds. The quantitative estimate of drug-likeness (QED) is 0.303. The minimum absolute atomic E-state index is 0.0545. The van der Waals surface area contributed by atoms with Crippen LogP contribution in [0.3, 0.4) is 0 Å². The molecule has 192 valence electrons. The van der Waals surface area contributed by atoms with Crippen molar-refractivity contribution in [3.63, 3.8) is 0 Å². The van der Waals surface area contributed by atoms with Gasteiger partial charge in [0.2, 0.25) is 5.79 Å². The Kier molecular flexibility index (Phi) is 7.65. The van der Waals surface area contributed by atoms with Crippen LogP contribution in [0.2, 0.25) is 0 Å². The van der Waals surface area contributed by atoms with Crippen LogP contribution in [0.5, 0.6) is 0 Å². The van der Waals surface area contributed by atoms with Crippen LogP contribution in [0.15, 0.2) is 60.0 Å². The second kappa shape index (κ2) is 10.7. The number of carbonyl (C=O) groups excluding carboxylic acids is 1. The molecule has 1 fully saturated rings. The van der Waals surface area contributed by atoms with E-state index < -0.39 is 22.7 Å². The summed E-state index contributed by atoms with van der Waals surface area (Å²) in [5.41, 5.74) is 0.682. The van der Waals surface area contributed by atoms with Gasteiger partial charge in [0.1, 0.15) is 23.3 Å². The first-order chi connectivity index (χ1) is 17.3. The molecule has 2 unspecified atom stereocenters. The van der Waals surface area contributed by atoms with E-state index in [0.29, 0.717) is 11.1 Å². The summed E-state index contributed by atoms with van der Waals surface area (Å²) in [7, 11) is 2.81. The molecule has 36 heavy (non-hydrogen) atoms. The van der Waals surface area contributed by atoms with Gasteiger partial charge in [-0.25, -0.2) is 8.78 Å². The minimum Gasteiger partial charge on any atom is -0.366 e. The molecule has 2 aromatic carbocycles. The lowest BCUT2D eigenvalue weighted by Crippen LogP contribution is -2.68. The zero-order chi connectivity index (χ0) is 25.9. The molecule has 1 saturated carbocycles. The predicted molar refractivity (Wildman–Crippen MR) is 127 cm³/mol. The van der Waals surface area contributed by atoms with E-state index in [1.807, 2.05) is 0 Å². The zero-order valence-corrected chi connectivity index (χ0v) is 20.2. The third kappa shape index (κ3) is 4.70. The molecule has 0 radical (unpaired) electrons. The molecule has 4 rings (SSSR count). The predicted octanol–water partition coefficient (Wildman–Crippen LogP) is 3.44. The van der Waals surface area contributed by atoms with Gasteiger partial charge in [0.25, 0.3) is 5.70 Å². The number of hydrogen-bond donors (Lipinski definition) is 1. The molecule has 2 aliphatic rings. The van der Waals surface area contributed by atoms with Crippen molar-refractivity contribution < 1.29 is 28.0 Å². The van der Waals surface area contributed by atoms with E-state index in [-0.39, 0.29) is 67.7 Å². The van der Waals surface area contributed by atoms with Crippen LogP contribution in [-0.2, 0) is 27.1 Å². The summed E-state index contributed by atoms with van der Waals surface area (Å²) in [6.07, 6.45) is 0.471. The van der Waals surface area contributed by atoms with Crippen LogP contribution >= 0.6 is 0 Å². The first kappa shape index (κ1) is 25.7. The maximum absolute atomic E-state index is 14.4. The lowest BCUT2D eigenvalue weighted by Gasteiger charge is -2.53. The van der Waals surface area contributed by atoms with Gasteiger partial charge in [-0.3, -0.25) is 14.9 Å². The number of Topliss-reactive ketones (excluding diaryl/α,β-unsaturated/α-hetero) is 1. The number of halogens is 2. The topological polar surface area (TPSA) is 93.9 Å². The van der Waals surface area contributed by atoms with Crippen molar-refractivity contribution in [3.8, 4) is 0 Å². The number of nitro groups is 1. The molecule has 1 N–H and O–H groups in total. The summed E-state index contributed by atoms with van der Waals surface area (Å²) in [4.78, 5) is 26.2. The van der Waals surface area contributed by atoms with Crippen molar-refractivity contribution >= 4 is 5.78 Å². The van der Waals surface area contributed by atoms with Gasteiger partial charge >= 0.3 is 0 Å². The highest BCUT2D eigenvalue weighted by Gasteiger charge is 2.63. The highest BCUT2D eigenvalue weighted by molar-refractivity contribution is 5.81. The Labute approximate surface area is 208 Å². The number of rotatable bonds is 10. The Morgan fingerprint density at radius 1 is 1.03 bits per heavy atom. The Balaban J connectivity index is 1.73. The average molecular weight is 502 g/mol. The van der Waals surface area contributed by atoms with Gasteiger partial charge in [0.05, 0.1) is 11.0 Å². The Morgan fingerprint density at radius 3 is 2.17 bits per heavy atom. The highest BCUT2D eigenvalue weighted by Crippen LogP contribution is 2.48. The smallest absolute Gasteiger partial charge is 0.294 e. The molecule has 0 spiro atoms. The van der Waals surface area contributed by atoms with Crippen LogP contribution in [0.1, 0.15) is 24.0 Å². The van der Waals surface area contributed by atoms with Crippen LogP contribution in [0, 0.1) is 27.7 Å². The molecule has 1 aliphatic heterocycles. The summed E-state index contributed by atoms with van der Waals surface area (Å²) in [6, 6.07) is 12.0. The van der Waals surface area contributed by atoms with Crippen LogP contribution in [0.4, 0.5) is 8.78 Å². The average Bonchev–Trinajstić information content (AvgIpc) is 2.85. The molecule has 2 atom stereocenters. The largest absolute Gasteiger partial charge is 0.366 e. The monoisotopic (exact) mass is 501 g/mol. The van der Waals surface area contributed by atoms with Gasteiger partial charge in [0.15, 0.2) is 5.82 Å². The van der Waals surface area contributed by atoms with Gasteiger partial charge < -0.3 is 19.7 Å². The maximum atomic E-state index is 14.4. The molecule has 10 heteroatoms. The third-order valence-electron chi connectivity index (χ3n) is 7.10. The van der Waals surface area contributed by atoms with E-state index in [0.717, 1.165) is 0 Å². The van der Waals surface area contributed by atoms with E-state index in [4.69, 9.17) is 9.47 Å². The van der Waals surface area contributed by atoms with E-state index in [9.17, 15) is 23.7 Å². The van der Waals surface area contributed by atoms with Crippen molar-refractivity contribution in [2.45, 2.75) is 37.5 Å². The molecule has 2 aromatic rings. The number of ketones is 1. The van der Waals surface area contributed by atoms with Crippen molar-refractivity contribution in [1.82, 2.24) is 10.2 Å². The first-order valence-electron chi connectivity index (χ1n) is 11.8. The van der Waals surface area contributed by atoms with E-state index in [2.05, 4.69) is 5.32 Å². The number of nitrogens with one attached hydrogen (secondary N) is 1. The molecule has 0 aromatic heterocycles. The van der Waals surface area contributed by atoms with Crippen molar-refractivity contribution in [2.24, 2.45) is 5.92 Å². The second-order valence-electron chi connectivity index (χ2n) is 8.94. The van der Waals surface area contributed by atoms with Crippen LogP contribution < -0.4 is 5.32 Å². The molecule has 2 bridgehead atoms. The summed E-state index contributed by atoms with van der Waals surface area (Å²) in [5.74, 6) is -3.04. The van der Waals surface area contributed by atoms with Gasteiger partial charge in [-0.1, -0.05) is 36.4 Å². The summed E-state index contributed by atoms with van der Waals surface area (Å²) in [5, 5.41) is 15.5. The van der Waals surface area contributed by atoms with Crippen molar-refractivity contribution in [2.75, 3.05) is 27.3 Å². The summed E-state index contributed by atoms with van der Waals surface area (Å²) < 4.78 is 40.0. The van der Waals surface area contributed by atoms with Gasteiger partial charge in [-0.05, 0) is 36.1 Å². The molecule has 1 aliphatic carbocycles. The van der Waals surface area contributed by atoms with Crippen molar-refractivity contribution in [1.29, 1.82) is 0 Å². The maximum Gasteiger partial charge on any atom is 0.294 e. The summed E-state index contributed by atoms with van der Waals surface area (Å²) in [6.45, 7) is 0.379. The van der Waals surface area contributed by atoms with Gasteiger partial charge in [-0.15, -0.1) is 0 Å². The number of hydrogen-bond acceptors (Lipinski definition) is 7. The van der Waals surface area contributed by atoms with Gasteiger partial charge in [-0.2, -0.15) is 0 Å². The van der Waals surface area contributed by atoms with Gasteiger partial charge in [0, 0.05) is 40.2 Å². The Bertz CT molecular complexity index is 1170. The molecular formula is C26H29F2N3O5. The second-order valence-corrected chi connectivity index (χ2v) is 8.94. The number of methoxy groups -OCH3 is 2. The number of carbonyl (C=O) groups is 1. The number of nitrogens with zero attached hydrogens (tertiary/aromatic N) is 2. The SMILES string of the molecule is COC1(OC)C2CC(=O)CC1N(CCc1ccccc1F)C(NCCc1ccccc1F)=C2[N+](=O)[O-]. The summed E-state index contributed by atoms with van der Waals surface area (Å²) >= 11 is 0. The normalized spacial score (nSPS) is 21.0. The van der Waals surface area contributed by atoms with E-state index in [1.165, 1.54) is 26.4 Å². The fourth-order valence-corrected chi connectivity index (χ4v) is 5.40. The highest BCUT2D eigenvalue weighted by atomic mass is 19.1. The number of benzene rings is 2. The standard InChI is InChI=1S/C26H29F2N3O5/c1-35-26(36-2)20-15-19(32)16-23(26)30(14-12-18-8-4-6-10-22(18)28)25(24(20)31(33)34)29-13-11-17-7-3-5-9-21(17)27/h3-10,20,23,29H,11-16H2,1-2H3. The zero-order valence-electron chi connectivity index (χ0n) is 20.2. The van der Waals surface area contributed by atoms with Crippen LogP contribution in [-0.4, -0.2) is 54.7 Å². The molecule has 8 nitrogen and oxygen atoms in total. The van der Waals surface area contributed by atoms with E-state index >= 15 is 0 Å². The lowest BCUT2D eigenvalue weighted by molar-refractivity contribution is -0.454. The molecule has 0 saturated heterocycles. The fraction of sp³-hybridized carbons (Fsp3) is 0.423.